The number of nitrogens with zero attached hydrogens (tertiary/aromatic N) is 1. The Hall–Kier alpha value is -3.55. The van der Waals surface area contributed by atoms with Crippen LogP contribution < -0.4 is 10.1 Å². The van der Waals surface area contributed by atoms with E-state index in [2.05, 4.69) is 10.3 Å². The minimum Gasteiger partial charge on any atom is -0.497 e. The van der Waals surface area contributed by atoms with Crippen LogP contribution in [0.1, 0.15) is 28.4 Å². The third-order valence-corrected chi connectivity index (χ3v) is 4.49. The standard InChI is InChI=1S/C23H21F3N2O3/c1-4-31-22(29)18-10-14(2)8-9-20(18)28-16-12-19(23(24,25)26)21(27-13-16)15-6-5-7-17(11-15)30-3/h5-13,28H,4H2,1-3H3. The van der Waals surface area contributed by atoms with Crippen LogP contribution in [-0.4, -0.2) is 24.7 Å². The Labute approximate surface area is 177 Å². The Bertz CT molecular complexity index is 1100. The predicted octanol–water partition coefficient (Wildman–Crippen LogP) is 6.00. The van der Waals surface area contributed by atoms with E-state index in [1.807, 2.05) is 0 Å². The first kappa shape index (κ1) is 22.1. The highest BCUT2D eigenvalue weighted by atomic mass is 19.4. The molecule has 0 aliphatic rings. The molecule has 0 amide bonds. The summed E-state index contributed by atoms with van der Waals surface area (Å²) in [4.78, 5) is 16.3. The topological polar surface area (TPSA) is 60.5 Å². The van der Waals surface area contributed by atoms with E-state index in [9.17, 15) is 18.0 Å². The van der Waals surface area contributed by atoms with Crippen molar-refractivity contribution in [2.24, 2.45) is 0 Å². The summed E-state index contributed by atoms with van der Waals surface area (Å²) in [6.45, 7) is 3.66. The third-order valence-electron chi connectivity index (χ3n) is 4.49. The molecule has 1 heterocycles. The predicted molar refractivity (Wildman–Crippen MR) is 112 cm³/mol. The quantitative estimate of drug-likeness (QED) is 0.486. The van der Waals surface area contributed by atoms with E-state index >= 15 is 0 Å². The number of alkyl halides is 3. The molecule has 162 valence electrons. The average molecular weight is 430 g/mol. The fraction of sp³-hybridized carbons (Fsp3) is 0.217. The molecule has 0 aliphatic heterocycles. The van der Waals surface area contributed by atoms with Crippen LogP contribution in [0.5, 0.6) is 5.75 Å². The highest BCUT2D eigenvalue weighted by molar-refractivity contribution is 5.96. The molecule has 0 saturated heterocycles. The van der Waals surface area contributed by atoms with Crippen molar-refractivity contribution in [3.05, 3.63) is 71.4 Å². The molecular formula is C23H21F3N2O3. The van der Waals surface area contributed by atoms with Crippen molar-refractivity contribution in [1.29, 1.82) is 0 Å². The Morgan fingerprint density at radius 1 is 1.13 bits per heavy atom. The Morgan fingerprint density at radius 3 is 2.58 bits per heavy atom. The molecule has 0 radical (unpaired) electrons. The second-order valence-electron chi connectivity index (χ2n) is 6.74. The number of aromatic nitrogens is 1. The van der Waals surface area contributed by atoms with Crippen LogP contribution in [0, 0.1) is 6.92 Å². The first-order valence-electron chi connectivity index (χ1n) is 9.49. The van der Waals surface area contributed by atoms with E-state index in [1.165, 1.54) is 25.4 Å². The maximum Gasteiger partial charge on any atom is 0.418 e. The number of aryl methyl sites for hydroxylation is 1. The summed E-state index contributed by atoms with van der Waals surface area (Å²) < 4.78 is 51.6. The van der Waals surface area contributed by atoms with E-state index in [-0.39, 0.29) is 29.1 Å². The lowest BCUT2D eigenvalue weighted by Crippen LogP contribution is -2.11. The van der Waals surface area contributed by atoms with E-state index in [1.54, 1.807) is 44.2 Å². The molecule has 0 fully saturated rings. The molecule has 3 rings (SSSR count). The van der Waals surface area contributed by atoms with E-state index < -0.39 is 17.7 Å². The number of methoxy groups -OCH3 is 1. The summed E-state index contributed by atoms with van der Waals surface area (Å²) in [5.74, 6) is -0.140. The number of nitrogens with one attached hydrogen (secondary N) is 1. The van der Waals surface area contributed by atoms with Gasteiger partial charge in [-0.05, 0) is 44.2 Å². The minimum absolute atomic E-state index is 0.0911. The molecule has 1 aromatic heterocycles. The summed E-state index contributed by atoms with van der Waals surface area (Å²) in [6.07, 6.45) is -3.35. The number of carbonyl (C=O) groups is 1. The van der Waals surface area contributed by atoms with Gasteiger partial charge in [-0.15, -0.1) is 0 Å². The lowest BCUT2D eigenvalue weighted by Gasteiger charge is -2.16. The molecule has 8 heteroatoms. The monoisotopic (exact) mass is 430 g/mol. The van der Waals surface area contributed by atoms with Gasteiger partial charge in [-0.1, -0.05) is 23.8 Å². The van der Waals surface area contributed by atoms with E-state index in [4.69, 9.17) is 9.47 Å². The van der Waals surface area contributed by atoms with Gasteiger partial charge in [0.05, 0.1) is 48.1 Å². The van der Waals surface area contributed by atoms with Gasteiger partial charge in [0.2, 0.25) is 0 Å². The molecule has 0 saturated carbocycles. The van der Waals surface area contributed by atoms with Crippen molar-refractivity contribution in [2.45, 2.75) is 20.0 Å². The number of ether oxygens (including phenoxy) is 2. The number of hydrogen-bond donors (Lipinski definition) is 1. The van der Waals surface area contributed by atoms with Crippen LogP contribution in [0.3, 0.4) is 0 Å². The van der Waals surface area contributed by atoms with Gasteiger partial charge in [0.1, 0.15) is 5.75 Å². The number of rotatable bonds is 6. The van der Waals surface area contributed by atoms with Crippen molar-refractivity contribution in [1.82, 2.24) is 4.98 Å². The fourth-order valence-electron chi connectivity index (χ4n) is 3.05. The first-order valence-corrected chi connectivity index (χ1v) is 9.49. The molecule has 1 N–H and O–H groups in total. The number of anilines is 2. The Balaban J connectivity index is 2.04. The third kappa shape index (κ3) is 5.14. The van der Waals surface area contributed by atoms with Crippen LogP contribution >= 0.6 is 0 Å². The highest BCUT2D eigenvalue weighted by Gasteiger charge is 2.35. The number of hydrogen-bond acceptors (Lipinski definition) is 5. The zero-order valence-corrected chi connectivity index (χ0v) is 17.2. The normalized spacial score (nSPS) is 11.2. The van der Waals surface area contributed by atoms with Crippen molar-refractivity contribution >= 4 is 17.3 Å². The van der Waals surface area contributed by atoms with Gasteiger partial charge < -0.3 is 14.8 Å². The van der Waals surface area contributed by atoms with Gasteiger partial charge in [-0.25, -0.2) is 4.79 Å². The van der Waals surface area contributed by atoms with Crippen LogP contribution in [0.2, 0.25) is 0 Å². The van der Waals surface area contributed by atoms with Crippen molar-refractivity contribution in [2.75, 3.05) is 19.0 Å². The molecule has 5 nitrogen and oxygen atoms in total. The Kier molecular flexibility index (Phi) is 6.48. The summed E-state index contributed by atoms with van der Waals surface area (Å²) in [7, 11) is 1.44. The summed E-state index contributed by atoms with van der Waals surface area (Å²) >= 11 is 0. The molecule has 0 spiro atoms. The lowest BCUT2D eigenvalue weighted by atomic mass is 10.0. The lowest BCUT2D eigenvalue weighted by molar-refractivity contribution is -0.137. The number of halogens is 3. The van der Waals surface area contributed by atoms with Gasteiger partial charge in [-0.3, -0.25) is 4.98 Å². The van der Waals surface area contributed by atoms with Crippen LogP contribution in [0.15, 0.2) is 54.7 Å². The van der Waals surface area contributed by atoms with Crippen LogP contribution in [-0.2, 0) is 10.9 Å². The number of esters is 1. The second kappa shape index (κ2) is 9.07. The molecular weight excluding hydrogens is 409 g/mol. The second-order valence-corrected chi connectivity index (χ2v) is 6.74. The molecule has 0 aliphatic carbocycles. The number of carbonyl (C=O) groups excluding carboxylic acids is 1. The molecule has 0 atom stereocenters. The van der Waals surface area contributed by atoms with Gasteiger partial charge in [0.15, 0.2) is 0 Å². The molecule has 3 aromatic rings. The average Bonchev–Trinajstić information content (AvgIpc) is 2.74. The molecule has 31 heavy (non-hydrogen) atoms. The van der Waals surface area contributed by atoms with Crippen molar-refractivity contribution in [3.63, 3.8) is 0 Å². The van der Waals surface area contributed by atoms with Crippen molar-refractivity contribution < 1.29 is 27.4 Å². The molecule has 2 aromatic carbocycles. The summed E-state index contributed by atoms with van der Waals surface area (Å²) in [6, 6.07) is 12.2. The van der Waals surface area contributed by atoms with E-state index in [0.717, 1.165) is 11.6 Å². The van der Waals surface area contributed by atoms with Gasteiger partial charge in [0.25, 0.3) is 0 Å². The van der Waals surface area contributed by atoms with Crippen LogP contribution in [0.4, 0.5) is 24.5 Å². The molecule has 0 unspecified atom stereocenters. The number of benzene rings is 2. The largest absolute Gasteiger partial charge is 0.497 e. The summed E-state index contributed by atoms with van der Waals surface area (Å²) in [5.41, 5.74) is 0.618. The highest BCUT2D eigenvalue weighted by Crippen LogP contribution is 2.38. The Morgan fingerprint density at radius 2 is 1.90 bits per heavy atom. The molecule has 0 bridgehead atoms. The summed E-state index contributed by atoms with van der Waals surface area (Å²) in [5, 5.41) is 2.86. The van der Waals surface area contributed by atoms with Crippen LogP contribution in [0.25, 0.3) is 11.3 Å². The SMILES string of the molecule is CCOC(=O)c1cc(C)ccc1Nc1cnc(-c2cccc(OC)c2)c(C(F)(F)F)c1. The fourth-order valence-corrected chi connectivity index (χ4v) is 3.05. The smallest absolute Gasteiger partial charge is 0.418 e. The zero-order chi connectivity index (χ0) is 22.6. The maximum atomic E-state index is 13.8. The van der Waals surface area contributed by atoms with Gasteiger partial charge >= 0.3 is 12.1 Å². The van der Waals surface area contributed by atoms with Crippen molar-refractivity contribution in [3.8, 4) is 17.0 Å². The zero-order valence-electron chi connectivity index (χ0n) is 17.2. The minimum atomic E-state index is -4.64. The number of pyridine rings is 1. The first-order chi connectivity index (χ1) is 14.7. The van der Waals surface area contributed by atoms with Gasteiger partial charge in [0, 0.05) is 5.56 Å². The van der Waals surface area contributed by atoms with Gasteiger partial charge in [-0.2, -0.15) is 13.2 Å². The van der Waals surface area contributed by atoms with E-state index in [0.29, 0.717) is 11.4 Å². The maximum absolute atomic E-state index is 13.8.